The SMILES string of the molecule is CCOc1cccc(N2C(=O)C(Nc3ccccc3OC)=C(c3ccc(OC)cc3)C2=O)c1. The monoisotopic (exact) mass is 444 g/mol. The van der Waals surface area contributed by atoms with E-state index in [0.717, 1.165) is 4.90 Å². The van der Waals surface area contributed by atoms with Crippen molar-refractivity contribution in [1.29, 1.82) is 0 Å². The molecule has 4 rings (SSSR count). The van der Waals surface area contributed by atoms with E-state index in [1.807, 2.05) is 19.1 Å². The molecule has 0 unspecified atom stereocenters. The summed E-state index contributed by atoms with van der Waals surface area (Å²) in [4.78, 5) is 28.3. The number of nitrogens with one attached hydrogen (secondary N) is 1. The Bertz CT molecular complexity index is 1220. The summed E-state index contributed by atoms with van der Waals surface area (Å²) in [6, 6.07) is 21.1. The average Bonchev–Trinajstić information content (AvgIpc) is 3.09. The minimum absolute atomic E-state index is 0.163. The fourth-order valence-electron chi connectivity index (χ4n) is 3.67. The van der Waals surface area contributed by atoms with Crippen LogP contribution in [0, 0.1) is 0 Å². The topological polar surface area (TPSA) is 77.1 Å². The summed E-state index contributed by atoms with van der Waals surface area (Å²) in [5.41, 5.74) is 2.02. The number of anilines is 2. The average molecular weight is 444 g/mol. The number of methoxy groups -OCH3 is 2. The van der Waals surface area contributed by atoms with Crippen molar-refractivity contribution >= 4 is 28.8 Å². The summed E-state index contributed by atoms with van der Waals surface area (Å²) in [6.45, 7) is 2.35. The Kier molecular flexibility index (Phi) is 6.31. The Morgan fingerprint density at radius 3 is 2.27 bits per heavy atom. The predicted molar refractivity (Wildman–Crippen MR) is 127 cm³/mol. The van der Waals surface area contributed by atoms with Crippen LogP contribution in [0.4, 0.5) is 11.4 Å². The first-order chi connectivity index (χ1) is 16.1. The summed E-state index contributed by atoms with van der Waals surface area (Å²) in [7, 11) is 3.12. The van der Waals surface area contributed by atoms with E-state index in [2.05, 4.69) is 5.32 Å². The maximum atomic E-state index is 13.6. The number of imide groups is 1. The Labute approximate surface area is 192 Å². The molecule has 0 radical (unpaired) electrons. The Morgan fingerprint density at radius 1 is 0.818 bits per heavy atom. The van der Waals surface area contributed by atoms with Crippen LogP contribution < -0.4 is 24.4 Å². The van der Waals surface area contributed by atoms with E-state index in [0.29, 0.717) is 40.8 Å². The van der Waals surface area contributed by atoms with Crippen molar-refractivity contribution in [2.75, 3.05) is 31.0 Å². The van der Waals surface area contributed by atoms with Gasteiger partial charge in [-0.2, -0.15) is 0 Å². The van der Waals surface area contributed by atoms with Gasteiger partial charge in [-0.15, -0.1) is 0 Å². The largest absolute Gasteiger partial charge is 0.497 e. The van der Waals surface area contributed by atoms with E-state index >= 15 is 0 Å². The second-order valence-electron chi connectivity index (χ2n) is 7.18. The molecule has 33 heavy (non-hydrogen) atoms. The van der Waals surface area contributed by atoms with Gasteiger partial charge in [0.15, 0.2) is 0 Å². The van der Waals surface area contributed by atoms with Gasteiger partial charge >= 0.3 is 0 Å². The molecule has 0 spiro atoms. The molecule has 0 aromatic heterocycles. The van der Waals surface area contributed by atoms with E-state index in [9.17, 15) is 9.59 Å². The number of hydrogen-bond acceptors (Lipinski definition) is 6. The Morgan fingerprint density at radius 2 is 1.58 bits per heavy atom. The summed E-state index contributed by atoms with van der Waals surface area (Å²) in [5.74, 6) is 0.877. The number of carbonyl (C=O) groups is 2. The van der Waals surface area contributed by atoms with Crippen LogP contribution in [-0.2, 0) is 9.59 Å². The summed E-state index contributed by atoms with van der Waals surface area (Å²) >= 11 is 0. The smallest absolute Gasteiger partial charge is 0.282 e. The quantitative estimate of drug-likeness (QED) is 0.516. The highest BCUT2D eigenvalue weighted by Gasteiger charge is 2.40. The van der Waals surface area contributed by atoms with Crippen LogP contribution in [0.25, 0.3) is 5.57 Å². The van der Waals surface area contributed by atoms with E-state index in [1.165, 1.54) is 0 Å². The molecule has 0 saturated heterocycles. The van der Waals surface area contributed by atoms with E-state index in [4.69, 9.17) is 14.2 Å². The maximum absolute atomic E-state index is 13.6. The molecule has 168 valence electrons. The molecule has 0 saturated carbocycles. The van der Waals surface area contributed by atoms with Gasteiger partial charge in [0, 0.05) is 6.07 Å². The molecule has 1 heterocycles. The van der Waals surface area contributed by atoms with E-state index in [-0.39, 0.29) is 11.3 Å². The van der Waals surface area contributed by atoms with Gasteiger partial charge in [-0.25, -0.2) is 4.90 Å². The minimum Gasteiger partial charge on any atom is -0.497 e. The first kappa shape index (κ1) is 22.0. The summed E-state index contributed by atoms with van der Waals surface area (Å²) in [5, 5.41) is 3.14. The van der Waals surface area contributed by atoms with Crippen molar-refractivity contribution in [3.05, 3.63) is 84.1 Å². The second-order valence-corrected chi connectivity index (χ2v) is 7.18. The van der Waals surface area contributed by atoms with Crippen LogP contribution in [0.1, 0.15) is 12.5 Å². The number of nitrogens with zero attached hydrogens (tertiary/aromatic N) is 1. The van der Waals surface area contributed by atoms with Gasteiger partial charge in [-0.3, -0.25) is 9.59 Å². The molecule has 0 bridgehead atoms. The molecule has 3 aromatic rings. The molecule has 7 heteroatoms. The lowest BCUT2D eigenvalue weighted by atomic mass is 10.0. The molecule has 1 N–H and O–H groups in total. The molecule has 0 aliphatic carbocycles. The molecule has 7 nitrogen and oxygen atoms in total. The predicted octanol–water partition coefficient (Wildman–Crippen LogP) is 4.50. The Balaban J connectivity index is 1.81. The first-order valence-electron chi connectivity index (χ1n) is 10.5. The number of carbonyl (C=O) groups excluding carboxylic acids is 2. The number of rotatable bonds is 8. The summed E-state index contributed by atoms with van der Waals surface area (Å²) in [6.07, 6.45) is 0. The fraction of sp³-hybridized carbons (Fsp3) is 0.154. The normalized spacial score (nSPS) is 13.4. The van der Waals surface area contributed by atoms with Gasteiger partial charge in [-0.05, 0) is 48.9 Å². The highest BCUT2D eigenvalue weighted by atomic mass is 16.5. The molecular weight excluding hydrogens is 420 g/mol. The maximum Gasteiger partial charge on any atom is 0.282 e. The van der Waals surface area contributed by atoms with Gasteiger partial charge in [0.2, 0.25) is 0 Å². The zero-order valence-corrected chi connectivity index (χ0v) is 18.6. The number of hydrogen-bond donors (Lipinski definition) is 1. The number of amides is 2. The van der Waals surface area contributed by atoms with Crippen LogP contribution in [-0.4, -0.2) is 32.6 Å². The minimum atomic E-state index is -0.467. The van der Waals surface area contributed by atoms with Crippen LogP contribution >= 0.6 is 0 Å². The van der Waals surface area contributed by atoms with Crippen molar-refractivity contribution in [3.63, 3.8) is 0 Å². The second kappa shape index (κ2) is 9.48. The van der Waals surface area contributed by atoms with Gasteiger partial charge < -0.3 is 19.5 Å². The first-order valence-corrected chi connectivity index (χ1v) is 10.5. The van der Waals surface area contributed by atoms with Crippen molar-refractivity contribution in [1.82, 2.24) is 0 Å². The van der Waals surface area contributed by atoms with Crippen LogP contribution in [0.2, 0.25) is 0 Å². The number of ether oxygens (including phenoxy) is 3. The van der Waals surface area contributed by atoms with Crippen molar-refractivity contribution in [2.45, 2.75) is 6.92 Å². The third kappa shape index (κ3) is 4.25. The van der Waals surface area contributed by atoms with E-state index in [1.54, 1.807) is 74.9 Å². The van der Waals surface area contributed by atoms with Gasteiger partial charge in [0.25, 0.3) is 11.8 Å². The highest BCUT2D eigenvalue weighted by molar-refractivity contribution is 6.46. The van der Waals surface area contributed by atoms with Gasteiger partial charge in [0.1, 0.15) is 22.9 Å². The molecule has 1 aliphatic rings. The fourth-order valence-corrected chi connectivity index (χ4v) is 3.67. The third-order valence-corrected chi connectivity index (χ3v) is 5.22. The van der Waals surface area contributed by atoms with Crippen molar-refractivity contribution < 1.29 is 23.8 Å². The number of para-hydroxylation sites is 2. The summed E-state index contributed by atoms with van der Waals surface area (Å²) < 4.78 is 16.2. The van der Waals surface area contributed by atoms with Crippen molar-refractivity contribution in [2.24, 2.45) is 0 Å². The molecular formula is C26H24N2O5. The lowest BCUT2D eigenvalue weighted by Gasteiger charge is -2.17. The van der Waals surface area contributed by atoms with Crippen molar-refractivity contribution in [3.8, 4) is 17.2 Å². The molecule has 0 atom stereocenters. The highest BCUT2D eigenvalue weighted by Crippen LogP contribution is 2.36. The lowest BCUT2D eigenvalue weighted by molar-refractivity contribution is -0.120. The Hall–Kier alpha value is -4.26. The molecule has 1 aliphatic heterocycles. The zero-order chi connectivity index (χ0) is 23.4. The van der Waals surface area contributed by atoms with E-state index < -0.39 is 11.8 Å². The molecule has 2 amide bonds. The number of benzene rings is 3. The third-order valence-electron chi connectivity index (χ3n) is 5.22. The zero-order valence-electron chi connectivity index (χ0n) is 18.6. The van der Waals surface area contributed by atoms with Gasteiger partial charge in [-0.1, -0.05) is 30.3 Å². The van der Waals surface area contributed by atoms with Crippen LogP contribution in [0.15, 0.2) is 78.5 Å². The van der Waals surface area contributed by atoms with Crippen LogP contribution in [0.5, 0.6) is 17.2 Å². The lowest BCUT2D eigenvalue weighted by Crippen LogP contribution is -2.32. The molecule has 3 aromatic carbocycles. The molecule has 0 fully saturated rings. The van der Waals surface area contributed by atoms with Gasteiger partial charge in [0.05, 0.1) is 37.8 Å². The standard InChI is InChI=1S/C26H24N2O5/c1-4-33-20-9-7-8-18(16-20)28-25(29)23(17-12-14-19(31-2)15-13-17)24(26(28)30)27-21-10-5-6-11-22(21)32-3/h5-16,27H,4H2,1-3H3. The van der Waals surface area contributed by atoms with Crippen LogP contribution in [0.3, 0.4) is 0 Å².